The number of thiophene rings is 1. The molecule has 96 valence electrons. The molecule has 0 aliphatic rings. The molecule has 1 heterocycles. The van der Waals surface area contributed by atoms with E-state index in [0.29, 0.717) is 16.4 Å². The van der Waals surface area contributed by atoms with E-state index < -0.39 is 11.6 Å². The second kappa shape index (κ2) is 5.78. The van der Waals surface area contributed by atoms with Crippen molar-refractivity contribution in [3.05, 3.63) is 56.7 Å². The van der Waals surface area contributed by atoms with Gasteiger partial charge in [0, 0.05) is 10.9 Å². The molecule has 0 amide bonds. The Hall–Kier alpha value is -0.970. The lowest BCUT2D eigenvalue weighted by Crippen LogP contribution is -2.21. The first-order valence-electron chi connectivity index (χ1n) is 5.54. The molecule has 5 heteroatoms. The van der Waals surface area contributed by atoms with Crippen LogP contribution in [0.1, 0.15) is 23.4 Å². The van der Waals surface area contributed by atoms with Gasteiger partial charge in [0.25, 0.3) is 0 Å². The Morgan fingerprint density at radius 2 is 1.89 bits per heavy atom. The van der Waals surface area contributed by atoms with Crippen LogP contribution in [0.25, 0.3) is 0 Å². The second-order valence-electron chi connectivity index (χ2n) is 3.84. The smallest absolute Gasteiger partial charge is 0.126 e. The monoisotopic (exact) mass is 287 g/mol. The minimum Gasteiger partial charge on any atom is -0.306 e. The summed E-state index contributed by atoms with van der Waals surface area (Å²) in [5.74, 6) is -1.15. The minimum atomic E-state index is -0.574. The molecule has 0 saturated carbocycles. The van der Waals surface area contributed by atoms with Gasteiger partial charge in [-0.15, -0.1) is 11.3 Å². The van der Waals surface area contributed by atoms with E-state index in [-0.39, 0.29) is 6.04 Å². The Labute approximate surface area is 113 Å². The summed E-state index contributed by atoms with van der Waals surface area (Å²) in [5.41, 5.74) is 0.563. The molecule has 2 aromatic rings. The first kappa shape index (κ1) is 13.5. The fraction of sp³-hybridized carbons (Fsp3) is 0.231. The summed E-state index contributed by atoms with van der Waals surface area (Å²) in [6.07, 6.45) is 0. The topological polar surface area (TPSA) is 12.0 Å². The Kier molecular flexibility index (Phi) is 4.32. The molecule has 0 aliphatic heterocycles. The highest BCUT2D eigenvalue weighted by molar-refractivity contribution is 7.16. The zero-order chi connectivity index (χ0) is 13.1. The van der Waals surface area contributed by atoms with E-state index in [4.69, 9.17) is 11.6 Å². The van der Waals surface area contributed by atoms with Crippen LogP contribution in [0.2, 0.25) is 4.34 Å². The standard InChI is InChI=1S/C13H12ClF2NS/c1-2-17-13(11-3-4-12(14)18-11)8-5-9(15)7-10(16)6-8/h3-7,13,17H,2H2,1H3. The molecule has 1 nitrogen and oxygen atoms in total. The Bertz CT molecular complexity index is 521. The minimum absolute atomic E-state index is 0.238. The maximum absolute atomic E-state index is 13.3. The normalized spacial score (nSPS) is 12.7. The van der Waals surface area contributed by atoms with Crippen LogP contribution in [0.4, 0.5) is 8.78 Å². The highest BCUT2D eigenvalue weighted by Gasteiger charge is 2.16. The SMILES string of the molecule is CCNC(c1cc(F)cc(F)c1)c1ccc(Cl)s1. The summed E-state index contributed by atoms with van der Waals surface area (Å²) in [6.45, 7) is 2.64. The van der Waals surface area contributed by atoms with Crippen LogP contribution in [0.15, 0.2) is 30.3 Å². The first-order chi connectivity index (χ1) is 8.60. The molecule has 0 aliphatic carbocycles. The lowest BCUT2D eigenvalue weighted by molar-refractivity contribution is 0.567. The van der Waals surface area contributed by atoms with E-state index in [1.54, 1.807) is 6.07 Å². The second-order valence-corrected chi connectivity index (χ2v) is 5.58. The van der Waals surface area contributed by atoms with Crippen molar-refractivity contribution in [3.63, 3.8) is 0 Å². The van der Waals surface area contributed by atoms with E-state index in [1.807, 2.05) is 13.0 Å². The van der Waals surface area contributed by atoms with Gasteiger partial charge >= 0.3 is 0 Å². The van der Waals surface area contributed by atoms with Crippen LogP contribution in [-0.2, 0) is 0 Å². The van der Waals surface area contributed by atoms with Crippen LogP contribution in [0.3, 0.4) is 0 Å². The third-order valence-corrected chi connectivity index (χ3v) is 3.80. The van der Waals surface area contributed by atoms with Crippen molar-refractivity contribution in [1.29, 1.82) is 0 Å². The first-order valence-corrected chi connectivity index (χ1v) is 6.74. The quantitative estimate of drug-likeness (QED) is 0.880. The third-order valence-electron chi connectivity index (χ3n) is 2.50. The maximum atomic E-state index is 13.3. The fourth-order valence-corrected chi connectivity index (χ4v) is 2.98. The highest BCUT2D eigenvalue weighted by Crippen LogP contribution is 2.31. The molecule has 0 bridgehead atoms. The Morgan fingerprint density at radius 1 is 1.22 bits per heavy atom. The summed E-state index contributed by atoms with van der Waals surface area (Å²) in [6, 6.07) is 6.95. The van der Waals surface area contributed by atoms with Crippen molar-refractivity contribution in [2.24, 2.45) is 0 Å². The van der Waals surface area contributed by atoms with E-state index in [0.717, 1.165) is 10.9 Å². The molecule has 1 N–H and O–H groups in total. The van der Waals surface area contributed by atoms with Gasteiger partial charge in [-0.1, -0.05) is 18.5 Å². The highest BCUT2D eigenvalue weighted by atomic mass is 35.5. The molecule has 0 saturated heterocycles. The lowest BCUT2D eigenvalue weighted by Gasteiger charge is -2.17. The van der Waals surface area contributed by atoms with Crippen molar-refractivity contribution in [2.45, 2.75) is 13.0 Å². The van der Waals surface area contributed by atoms with Gasteiger partial charge in [0.15, 0.2) is 0 Å². The number of benzene rings is 1. The van der Waals surface area contributed by atoms with Crippen molar-refractivity contribution >= 4 is 22.9 Å². The maximum Gasteiger partial charge on any atom is 0.126 e. The van der Waals surface area contributed by atoms with Gasteiger partial charge in [-0.2, -0.15) is 0 Å². The molecule has 1 unspecified atom stereocenters. The Balaban J connectivity index is 2.40. The average Bonchev–Trinajstić information content (AvgIpc) is 2.71. The largest absolute Gasteiger partial charge is 0.306 e. The molecule has 1 aromatic heterocycles. The summed E-state index contributed by atoms with van der Waals surface area (Å²) in [5, 5.41) is 3.20. The summed E-state index contributed by atoms with van der Waals surface area (Å²) >= 11 is 7.30. The number of nitrogens with one attached hydrogen (secondary N) is 1. The van der Waals surface area contributed by atoms with E-state index in [1.165, 1.54) is 23.5 Å². The molecule has 2 rings (SSSR count). The van der Waals surface area contributed by atoms with E-state index in [9.17, 15) is 8.78 Å². The van der Waals surface area contributed by atoms with Crippen LogP contribution >= 0.6 is 22.9 Å². The van der Waals surface area contributed by atoms with Crippen molar-refractivity contribution in [3.8, 4) is 0 Å². The predicted molar refractivity (Wildman–Crippen MR) is 71.2 cm³/mol. The zero-order valence-corrected chi connectivity index (χ0v) is 11.3. The number of hydrogen-bond acceptors (Lipinski definition) is 2. The molecule has 1 atom stereocenters. The van der Waals surface area contributed by atoms with E-state index in [2.05, 4.69) is 5.32 Å². The van der Waals surface area contributed by atoms with Gasteiger partial charge < -0.3 is 5.32 Å². The van der Waals surface area contributed by atoms with Crippen LogP contribution < -0.4 is 5.32 Å². The zero-order valence-electron chi connectivity index (χ0n) is 9.71. The van der Waals surface area contributed by atoms with Gasteiger partial charge in [0.05, 0.1) is 10.4 Å². The predicted octanol–water partition coefficient (Wildman–Crippen LogP) is 4.38. The van der Waals surface area contributed by atoms with Gasteiger partial charge in [0.2, 0.25) is 0 Å². The van der Waals surface area contributed by atoms with Gasteiger partial charge in [-0.25, -0.2) is 8.78 Å². The third kappa shape index (κ3) is 3.07. The molecule has 0 fully saturated rings. The summed E-state index contributed by atoms with van der Waals surface area (Å²) < 4.78 is 27.2. The number of hydrogen-bond donors (Lipinski definition) is 1. The summed E-state index contributed by atoms with van der Waals surface area (Å²) in [4.78, 5) is 0.937. The van der Waals surface area contributed by atoms with Crippen molar-refractivity contribution in [1.82, 2.24) is 5.32 Å². The number of rotatable bonds is 4. The molecule has 1 aromatic carbocycles. The molecule has 0 spiro atoms. The van der Waals surface area contributed by atoms with Crippen molar-refractivity contribution in [2.75, 3.05) is 6.54 Å². The number of halogens is 3. The molecule has 18 heavy (non-hydrogen) atoms. The van der Waals surface area contributed by atoms with Crippen LogP contribution in [-0.4, -0.2) is 6.54 Å². The van der Waals surface area contributed by atoms with Gasteiger partial charge in [-0.05, 0) is 36.4 Å². The lowest BCUT2D eigenvalue weighted by atomic mass is 10.0. The molecular formula is C13H12ClF2NS. The van der Waals surface area contributed by atoms with Crippen LogP contribution in [0, 0.1) is 11.6 Å². The molecule has 0 radical (unpaired) electrons. The Morgan fingerprint density at radius 3 is 2.39 bits per heavy atom. The molecular weight excluding hydrogens is 276 g/mol. The summed E-state index contributed by atoms with van der Waals surface area (Å²) in [7, 11) is 0. The average molecular weight is 288 g/mol. The van der Waals surface area contributed by atoms with Crippen molar-refractivity contribution < 1.29 is 8.78 Å². The van der Waals surface area contributed by atoms with Gasteiger partial charge in [0.1, 0.15) is 11.6 Å². The van der Waals surface area contributed by atoms with Gasteiger partial charge in [-0.3, -0.25) is 0 Å². The van der Waals surface area contributed by atoms with E-state index >= 15 is 0 Å². The van der Waals surface area contributed by atoms with Crippen LogP contribution in [0.5, 0.6) is 0 Å². The fourth-order valence-electron chi connectivity index (χ4n) is 1.81.